The highest BCUT2D eigenvalue weighted by atomic mass is 15.1. The summed E-state index contributed by atoms with van der Waals surface area (Å²) < 4.78 is 0. The van der Waals surface area contributed by atoms with Crippen molar-refractivity contribution in [1.82, 2.24) is 9.97 Å². The van der Waals surface area contributed by atoms with Gasteiger partial charge in [0, 0.05) is 24.0 Å². The summed E-state index contributed by atoms with van der Waals surface area (Å²) in [5, 5.41) is 3.17. The maximum absolute atomic E-state index is 5.67. The summed E-state index contributed by atoms with van der Waals surface area (Å²) in [6, 6.07) is 0.127. The largest absolute Gasteiger partial charge is 0.353 e. The van der Waals surface area contributed by atoms with Crippen LogP contribution in [0.2, 0.25) is 0 Å². The van der Waals surface area contributed by atoms with E-state index in [-0.39, 0.29) is 6.04 Å². The molecule has 4 heteroatoms. The lowest BCUT2D eigenvalue weighted by atomic mass is 10.2. The van der Waals surface area contributed by atoms with Crippen molar-refractivity contribution in [2.45, 2.75) is 39.2 Å². The van der Waals surface area contributed by atoms with E-state index < -0.39 is 0 Å². The van der Waals surface area contributed by atoms with Crippen LogP contribution in [0, 0.1) is 6.92 Å². The second-order valence-corrected chi connectivity index (χ2v) is 4.27. The number of aryl methyl sites for hydroxylation is 2. The first kappa shape index (κ1) is 10.4. The molecule has 0 spiro atoms. The lowest BCUT2D eigenvalue weighted by Gasteiger charge is -2.10. The molecule has 0 aliphatic heterocycles. The number of nitrogens with one attached hydrogen (secondary N) is 1. The van der Waals surface area contributed by atoms with Gasteiger partial charge in [0.05, 0.1) is 0 Å². The minimum atomic E-state index is 0.127. The van der Waals surface area contributed by atoms with E-state index in [9.17, 15) is 0 Å². The van der Waals surface area contributed by atoms with E-state index in [2.05, 4.69) is 22.2 Å². The van der Waals surface area contributed by atoms with Crippen LogP contribution in [0.1, 0.15) is 30.3 Å². The van der Waals surface area contributed by atoms with Crippen LogP contribution in [0.5, 0.6) is 0 Å². The molecule has 0 saturated carbocycles. The predicted molar refractivity (Wildman–Crippen MR) is 60.9 cm³/mol. The summed E-state index contributed by atoms with van der Waals surface area (Å²) in [6.07, 6.45) is 3.43. The van der Waals surface area contributed by atoms with Crippen LogP contribution < -0.4 is 11.1 Å². The van der Waals surface area contributed by atoms with Crippen molar-refractivity contribution < 1.29 is 0 Å². The van der Waals surface area contributed by atoms with Crippen molar-refractivity contribution in [2.75, 3.05) is 11.9 Å². The molecule has 0 fully saturated rings. The van der Waals surface area contributed by atoms with Gasteiger partial charge in [-0.3, -0.25) is 0 Å². The Bertz CT molecular complexity index is 360. The molecule has 0 aromatic carbocycles. The summed E-state index contributed by atoms with van der Waals surface area (Å²) in [6.45, 7) is 4.74. The monoisotopic (exact) mass is 206 g/mol. The first-order valence-corrected chi connectivity index (χ1v) is 5.52. The van der Waals surface area contributed by atoms with Crippen LogP contribution in [0.15, 0.2) is 0 Å². The molecule has 1 unspecified atom stereocenters. The lowest BCUT2D eigenvalue weighted by molar-refractivity contribution is 0.771. The predicted octanol–water partition coefficient (Wildman–Crippen LogP) is 1.03. The average molecular weight is 206 g/mol. The first-order valence-electron chi connectivity index (χ1n) is 5.52. The maximum atomic E-state index is 5.67. The van der Waals surface area contributed by atoms with Gasteiger partial charge in [0.15, 0.2) is 0 Å². The average Bonchev–Trinajstić information content (AvgIpc) is 2.63. The number of aromatic nitrogens is 2. The second kappa shape index (κ2) is 4.14. The summed E-state index contributed by atoms with van der Waals surface area (Å²) in [7, 11) is 0. The Hall–Kier alpha value is -1.16. The highest BCUT2D eigenvalue weighted by Gasteiger charge is 2.16. The Kier molecular flexibility index (Phi) is 2.86. The standard InChI is InChI=1S/C11H18N4/c1-7(12)6-13-11-14-8(2)9-4-3-5-10(9)15-11/h7H,3-6,12H2,1-2H3,(H,13,14,15). The van der Waals surface area contributed by atoms with E-state index >= 15 is 0 Å². The summed E-state index contributed by atoms with van der Waals surface area (Å²) in [4.78, 5) is 8.95. The number of nitrogens with zero attached hydrogens (tertiary/aromatic N) is 2. The highest BCUT2D eigenvalue weighted by Crippen LogP contribution is 2.23. The zero-order chi connectivity index (χ0) is 10.8. The normalized spacial score (nSPS) is 16.2. The number of hydrogen-bond donors (Lipinski definition) is 2. The molecule has 1 aliphatic carbocycles. The molecule has 0 amide bonds. The molecule has 0 radical (unpaired) electrons. The fourth-order valence-corrected chi connectivity index (χ4v) is 1.95. The first-order chi connectivity index (χ1) is 7.16. The molecule has 4 nitrogen and oxygen atoms in total. The van der Waals surface area contributed by atoms with Crippen LogP contribution in [-0.4, -0.2) is 22.6 Å². The molecule has 1 aliphatic rings. The third-order valence-corrected chi connectivity index (χ3v) is 2.72. The third-order valence-electron chi connectivity index (χ3n) is 2.72. The molecule has 0 saturated heterocycles. The Balaban J connectivity index is 2.16. The summed E-state index contributed by atoms with van der Waals surface area (Å²) >= 11 is 0. The Morgan fingerprint density at radius 2 is 2.20 bits per heavy atom. The molecular formula is C11H18N4. The Labute approximate surface area is 90.3 Å². The van der Waals surface area contributed by atoms with Crippen molar-refractivity contribution in [1.29, 1.82) is 0 Å². The minimum Gasteiger partial charge on any atom is -0.353 e. The van der Waals surface area contributed by atoms with Crippen LogP contribution in [0.25, 0.3) is 0 Å². The van der Waals surface area contributed by atoms with Crippen molar-refractivity contribution in [2.24, 2.45) is 5.73 Å². The van der Waals surface area contributed by atoms with Gasteiger partial charge in [-0.25, -0.2) is 9.97 Å². The molecule has 0 bridgehead atoms. The van der Waals surface area contributed by atoms with Crippen molar-refractivity contribution in [3.63, 3.8) is 0 Å². The van der Waals surface area contributed by atoms with Gasteiger partial charge in [-0.2, -0.15) is 0 Å². The van der Waals surface area contributed by atoms with Crippen molar-refractivity contribution >= 4 is 5.95 Å². The number of fused-ring (bicyclic) bond motifs is 1. The van der Waals surface area contributed by atoms with Gasteiger partial charge in [0.1, 0.15) is 0 Å². The smallest absolute Gasteiger partial charge is 0.223 e. The van der Waals surface area contributed by atoms with Gasteiger partial charge < -0.3 is 11.1 Å². The number of nitrogens with two attached hydrogens (primary N) is 1. The van der Waals surface area contributed by atoms with E-state index in [0.717, 1.165) is 31.0 Å². The number of rotatable bonds is 3. The van der Waals surface area contributed by atoms with Crippen LogP contribution >= 0.6 is 0 Å². The van der Waals surface area contributed by atoms with E-state index in [1.54, 1.807) is 0 Å². The van der Waals surface area contributed by atoms with Gasteiger partial charge in [0.2, 0.25) is 5.95 Å². The quantitative estimate of drug-likeness (QED) is 0.775. The Morgan fingerprint density at radius 3 is 2.93 bits per heavy atom. The molecule has 1 aromatic rings. The highest BCUT2D eigenvalue weighted by molar-refractivity contribution is 5.36. The van der Waals surface area contributed by atoms with Gasteiger partial charge in [-0.1, -0.05) is 0 Å². The Morgan fingerprint density at radius 1 is 1.40 bits per heavy atom. The second-order valence-electron chi connectivity index (χ2n) is 4.27. The molecule has 15 heavy (non-hydrogen) atoms. The number of hydrogen-bond acceptors (Lipinski definition) is 4. The van der Waals surface area contributed by atoms with Gasteiger partial charge in [0.25, 0.3) is 0 Å². The fourth-order valence-electron chi connectivity index (χ4n) is 1.95. The number of anilines is 1. The fraction of sp³-hybridized carbons (Fsp3) is 0.636. The van der Waals surface area contributed by atoms with Gasteiger partial charge in [-0.05, 0) is 38.7 Å². The van der Waals surface area contributed by atoms with Crippen LogP contribution in [0.4, 0.5) is 5.95 Å². The zero-order valence-corrected chi connectivity index (χ0v) is 9.38. The molecule has 1 atom stereocenters. The molecule has 2 rings (SSSR count). The van der Waals surface area contributed by atoms with E-state index in [1.165, 1.54) is 17.7 Å². The van der Waals surface area contributed by atoms with Crippen molar-refractivity contribution in [3.8, 4) is 0 Å². The van der Waals surface area contributed by atoms with Crippen molar-refractivity contribution in [3.05, 3.63) is 17.0 Å². The molecule has 1 heterocycles. The molecule has 1 aromatic heterocycles. The van der Waals surface area contributed by atoms with Crippen LogP contribution in [-0.2, 0) is 12.8 Å². The van der Waals surface area contributed by atoms with E-state index in [1.807, 2.05) is 6.92 Å². The van der Waals surface area contributed by atoms with E-state index in [4.69, 9.17) is 5.73 Å². The van der Waals surface area contributed by atoms with Crippen LogP contribution in [0.3, 0.4) is 0 Å². The SMILES string of the molecule is Cc1nc(NCC(C)N)nc2c1CCC2. The maximum Gasteiger partial charge on any atom is 0.223 e. The zero-order valence-electron chi connectivity index (χ0n) is 9.38. The third kappa shape index (κ3) is 2.26. The van der Waals surface area contributed by atoms with Gasteiger partial charge in [-0.15, -0.1) is 0 Å². The summed E-state index contributed by atoms with van der Waals surface area (Å²) in [5.74, 6) is 0.727. The topological polar surface area (TPSA) is 63.8 Å². The minimum absolute atomic E-state index is 0.127. The molecule has 3 N–H and O–H groups in total. The lowest BCUT2D eigenvalue weighted by Crippen LogP contribution is -2.26. The summed E-state index contributed by atoms with van der Waals surface area (Å²) in [5.41, 5.74) is 9.35. The molecular weight excluding hydrogens is 188 g/mol. The van der Waals surface area contributed by atoms with Gasteiger partial charge >= 0.3 is 0 Å². The van der Waals surface area contributed by atoms with E-state index in [0.29, 0.717) is 0 Å². The molecule has 82 valence electrons.